The van der Waals surface area contributed by atoms with Gasteiger partial charge in [-0.25, -0.2) is 0 Å². The number of hydrogen-bond donors (Lipinski definition) is 1. The van der Waals surface area contributed by atoms with Crippen LogP contribution in [0.2, 0.25) is 0 Å². The van der Waals surface area contributed by atoms with Gasteiger partial charge in [0.05, 0.1) is 0 Å². The highest BCUT2D eigenvalue weighted by Gasteiger charge is 2.23. The third-order valence-corrected chi connectivity index (χ3v) is 2.81. The normalized spacial score (nSPS) is 21.1. The van der Waals surface area contributed by atoms with Crippen molar-refractivity contribution in [2.24, 2.45) is 17.6 Å². The number of hydrogen-bond acceptors (Lipinski definition) is 1. The molecule has 0 radical (unpaired) electrons. The SMILES string of the molecule is CC(C(N)=O)C1CCCCC1.Cl.[H+].[H+]. The molecule has 1 amide bonds. The molecule has 1 rings (SSSR count). The van der Waals surface area contributed by atoms with E-state index in [1.165, 1.54) is 32.1 Å². The molecular formula is C9H20ClNO+2. The Morgan fingerprint density at radius 1 is 1.42 bits per heavy atom. The summed E-state index contributed by atoms with van der Waals surface area (Å²) >= 11 is 0. The van der Waals surface area contributed by atoms with Gasteiger partial charge in [0, 0.05) is 5.92 Å². The zero-order valence-electron chi connectivity index (χ0n) is 9.58. The molecule has 1 aliphatic rings. The molecule has 0 bridgehead atoms. The minimum atomic E-state index is -0.128. The van der Waals surface area contributed by atoms with E-state index in [2.05, 4.69) is 0 Å². The highest BCUT2D eigenvalue weighted by molar-refractivity contribution is 5.85. The number of halogens is 1. The second-order valence-electron chi connectivity index (χ2n) is 3.59. The van der Waals surface area contributed by atoms with Gasteiger partial charge in [0.2, 0.25) is 5.91 Å². The lowest BCUT2D eigenvalue weighted by molar-refractivity contribution is -0.123. The summed E-state index contributed by atoms with van der Waals surface area (Å²) in [7, 11) is 0. The van der Waals surface area contributed by atoms with E-state index in [0.717, 1.165) is 0 Å². The predicted octanol–water partition coefficient (Wildman–Crippen LogP) is 2.33. The summed E-state index contributed by atoms with van der Waals surface area (Å²) in [4.78, 5) is 10.8. The molecule has 12 heavy (non-hydrogen) atoms. The first-order valence-electron chi connectivity index (χ1n) is 4.51. The fourth-order valence-electron chi connectivity index (χ4n) is 1.87. The molecule has 1 saturated carbocycles. The van der Waals surface area contributed by atoms with Gasteiger partial charge < -0.3 is 5.73 Å². The van der Waals surface area contributed by atoms with E-state index in [4.69, 9.17) is 5.73 Å². The molecule has 1 unspecified atom stereocenters. The van der Waals surface area contributed by atoms with Crippen LogP contribution in [0, 0.1) is 11.8 Å². The van der Waals surface area contributed by atoms with Crippen LogP contribution in [0.1, 0.15) is 41.9 Å². The van der Waals surface area contributed by atoms with Crippen molar-refractivity contribution in [2.45, 2.75) is 39.0 Å². The Morgan fingerprint density at radius 2 is 1.92 bits per heavy atom. The van der Waals surface area contributed by atoms with Gasteiger partial charge >= 0.3 is 2.85 Å². The van der Waals surface area contributed by atoms with Crippen LogP contribution >= 0.6 is 12.4 Å². The van der Waals surface area contributed by atoms with Crippen molar-refractivity contribution in [1.29, 1.82) is 0 Å². The molecule has 0 aliphatic heterocycles. The summed E-state index contributed by atoms with van der Waals surface area (Å²) in [5.74, 6) is 0.536. The van der Waals surface area contributed by atoms with Gasteiger partial charge in [0.15, 0.2) is 0 Å². The molecule has 0 aromatic rings. The molecule has 0 aromatic carbocycles. The Morgan fingerprint density at radius 3 is 2.33 bits per heavy atom. The van der Waals surface area contributed by atoms with Crippen molar-refractivity contribution in [1.82, 2.24) is 0 Å². The Labute approximate surface area is 83.3 Å². The zero-order chi connectivity index (χ0) is 8.27. The third-order valence-electron chi connectivity index (χ3n) is 2.81. The minimum Gasteiger partial charge on any atom is -0.369 e. The number of amides is 1. The van der Waals surface area contributed by atoms with Gasteiger partial charge in [-0.15, -0.1) is 12.4 Å². The third kappa shape index (κ3) is 3.02. The topological polar surface area (TPSA) is 43.1 Å². The van der Waals surface area contributed by atoms with Crippen LogP contribution in [0.25, 0.3) is 0 Å². The van der Waals surface area contributed by atoms with Crippen LogP contribution in [0.4, 0.5) is 0 Å². The molecule has 0 heterocycles. The molecule has 0 aromatic heterocycles. The van der Waals surface area contributed by atoms with Gasteiger partial charge in [-0.1, -0.05) is 26.2 Å². The van der Waals surface area contributed by atoms with Crippen molar-refractivity contribution in [3.63, 3.8) is 0 Å². The van der Waals surface area contributed by atoms with Crippen LogP contribution in [-0.4, -0.2) is 5.91 Å². The summed E-state index contributed by atoms with van der Waals surface area (Å²) < 4.78 is 0. The van der Waals surface area contributed by atoms with E-state index in [1.54, 1.807) is 0 Å². The van der Waals surface area contributed by atoms with Crippen molar-refractivity contribution >= 4 is 18.3 Å². The van der Waals surface area contributed by atoms with Crippen molar-refractivity contribution < 1.29 is 7.65 Å². The average molecular weight is 194 g/mol. The summed E-state index contributed by atoms with van der Waals surface area (Å²) in [6.45, 7) is 1.96. The van der Waals surface area contributed by atoms with E-state index in [0.29, 0.717) is 5.92 Å². The van der Waals surface area contributed by atoms with E-state index in [-0.39, 0.29) is 27.1 Å². The average Bonchev–Trinajstić information content (AvgIpc) is 2.05. The fraction of sp³-hybridized carbons (Fsp3) is 0.889. The van der Waals surface area contributed by atoms with Gasteiger partial charge in [-0.2, -0.15) is 0 Å². The lowest BCUT2D eigenvalue weighted by atomic mass is 9.81. The van der Waals surface area contributed by atoms with E-state index in [1.807, 2.05) is 6.92 Å². The Balaban J connectivity index is -0.000000403. The first-order chi connectivity index (χ1) is 5.22. The highest BCUT2D eigenvalue weighted by Crippen LogP contribution is 2.29. The van der Waals surface area contributed by atoms with Crippen LogP contribution in [-0.2, 0) is 4.79 Å². The van der Waals surface area contributed by atoms with Crippen molar-refractivity contribution in [2.75, 3.05) is 0 Å². The van der Waals surface area contributed by atoms with Gasteiger partial charge in [0.1, 0.15) is 0 Å². The first-order valence-corrected chi connectivity index (χ1v) is 4.51. The summed E-state index contributed by atoms with van der Waals surface area (Å²) in [6, 6.07) is 0. The second-order valence-corrected chi connectivity index (χ2v) is 3.59. The monoisotopic (exact) mass is 193 g/mol. The Hall–Kier alpha value is -0.240. The van der Waals surface area contributed by atoms with Gasteiger partial charge in [-0.05, 0) is 18.8 Å². The van der Waals surface area contributed by atoms with Crippen molar-refractivity contribution in [3.8, 4) is 0 Å². The summed E-state index contributed by atoms with van der Waals surface area (Å²) in [5, 5.41) is 0. The largest absolute Gasteiger partial charge is 1.00 e. The number of nitrogens with two attached hydrogens (primary N) is 1. The molecule has 2 nitrogen and oxygen atoms in total. The first kappa shape index (κ1) is 11.8. The van der Waals surface area contributed by atoms with Crippen LogP contribution < -0.4 is 5.73 Å². The predicted molar refractivity (Wildman–Crippen MR) is 54.4 cm³/mol. The second kappa shape index (κ2) is 5.41. The summed E-state index contributed by atoms with van der Waals surface area (Å²) in [5.41, 5.74) is 5.23. The molecule has 2 N–H and O–H groups in total. The molecule has 1 fully saturated rings. The molecule has 0 spiro atoms. The molecule has 72 valence electrons. The number of rotatable bonds is 2. The van der Waals surface area contributed by atoms with Crippen LogP contribution in [0.5, 0.6) is 0 Å². The maximum atomic E-state index is 10.8. The highest BCUT2D eigenvalue weighted by atomic mass is 35.5. The quantitative estimate of drug-likeness (QED) is 0.719. The Bertz CT molecular complexity index is 152. The minimum absolute atomic E-state index is 0. The van der Waals surface area contributed by atoms with Crippen molar-refractivity contribution in [3.05, 3.63) is 0 Å². The number of primary amides is 1. The van der Waals surface area contributed by atoms with E-state index < -0.39 is 0 Å². The van der Waals surface area contributed by atoms with E-state index >= 15 is 0 Å². The fourth-order valence-corrected chi connectivity index (χ4v) is 1.87. The zero-order valence-corrected chi connectivity index (χ0v) is 8.40. The Kier molecular flexibility index (Phi) is 5.31. The molecular weight excluding hydrogens is 174 g/mol. The standard InChI is InChI=1S/C9H17NO.ClH/c1-7(9(10)11)8-5-3-2-4-6-8;/h7-8H,2-6H2,1H3,(H2,10,11);1H/p+2. The molecule has 1 aliphatic carbocycles. The number of carbonyl (C=O) groups is 1. The lowest BCUT2D eigenvalue weighted by Gasteiger charge is -2.25. The van der Waals surface area contributed by atoms with E-state index in [9.17, 15) is 4.79 Å². The van der Waals surface area contributed by atoms with Crippen LogP contribution in [0.3, 0.4) is 0 Å². The maximum Gasteiger partial charge on any atom is 1.00 e. The van der Waals surface area contributed by atoms with Crippen LogP contribution in [0.15, 0.2) is 0 Å². The molecule has 3 heteroatoms. The van der Waals surface area contributed by atoms with Gasteiger partial charge in [-0.3, -0.25) is 4.79 Å². The number of carbonyl (C=O) groups excluding carboxylic acids is 1. The lowest BCUT2D eigenvalue weighted by Crippen LogP contribution is -2.28. The molecule has 1 atom stereocenters. The maximum absolute atomic E-state index is 10.8. The van der Waals surface area contributed by atoms with Gasteiger partial charge in [0.25, 0.3) is 0 Å². The smallest absolute Gasteiger partial charge is 0.369 e. The molecule has 0 saturated heterocycles. The summed E-state index contributed by atoms with van der Waals surface area (Å²) in [6.07, 6.45) is 6.29.